The van der Waals surface area contributed by atoms with E-state index in [9.17, 15) is 9.18 Å². The lowest BCUT2D eigenvalue weighted by molar-refractivity contribution is 0.0963. The Balaban J connectivity index is 2.26. The number of anilines is 1. The third-order valence-electron chi connectivity index (χ3n) is 2.79. The van der Waals surface area contributed by atoms with Crippen LogP contribution in [-0.2, 0) is 0 Å². The van der Waals surface area contributed by atoms with Crippen molar-refractivity contribution >= 4 is 11.6 Å². The molecule has 2 aromatic rings. The van der Waals surface area contributed by atoms with Gasteiger partial charge in [-0.1, -0.05) is 0 Å². The van der Waals surface area contributed by atoms with Crippen LogP contribution < -0.4 is 15.8 Å². The highest BCUT2D eigenvalue weighted by Gasteiger charge is 2.09. The van der Waals surface area contributed by atoms with E-state index in [4.69, 9.17) is 15.7 Å². The van der Waals surface area contributed by atoms with Gasteiger partial charge in [0.1, 0.15) is 23.4 Å². The van der Waals surface area contributed by atoms with Gasteiger partial charge in [-0.25, -0.2) is 4.39 Å². The number of amides is 1. The first-order valence-electron chi connectivity index (χ1n) is 6.04. The monoisotopic (exact) mass is 285 g/mol. The molecule has 0 aliphatic carbocycles. The fourth-order valence-corrected chi connectivity index (χ4v) is 1.70. The minimum Gasteiger partial charge on any atom is -0.455 e. The summed E-state index contributed by atoms with van der Waals surface area (Å²) in [6.45, 7) is 0. The van der Waals surface area contributed by atoms with Crippen LogP contribution in [0.15, 0.2) is 36.4 Å². The summed E-state index contributed by atoms with van der Waals surface area (Å²) in [5.41, 5.74) is 6.39. The molecule has 2 aromatic carbocycles. The summed E-state index contributed by atoms with van der Waals surface area (Å²) in [4.78, 5) is 11.5. The quantitative estimate of drug-likeness (QED) is 0.848. The first-order valence-corrected chi connectivity index (χ1v) is 6.04. The van der Waals surface area contributed by atoms with E-state index in [1.807, 2.05) is 0 Å². The lowest BCUT2D eigenvalue weighted by atomic mass is 10.1. The third kappa shape index (κ3) is 3.09. The molecule has 2 rings (SSSR count). The summed E-state index contributed by atoms with van der Waals surface area (Å²) >= 11 is 0. The van der Waals surface area contributed by atoms with Crippen LogP contribution in [0.5, 0.6) is 11.5 Å². The van der Waals surface area contributed by atoms with Crippen molar-refractivity contribution in [3.8, 4) is 17.6 Å². The summed E-state index contributed by atoms with van der Waals surface area (Å²) in [6.07, 6.45) is 0. The van der Waals surface area contributed by atoms with Crippen molar-refractivity contribution in [3.05, 3.63) is 53.3 Å². The van der Waals surface area contributed by atoms with Crippen molar-refractivity contribution in [2.24, 2.45) is 0 Å². The van der Waals surface area contributed by atoms with Gasteiger partial charge in [-0.2, -0.15) is 5.26 Å². The number of nitrogen functional groups attached to an aromatic ring is 1. The molecule has 0 aromatic heterocycles. The molecule has 6 heteroatoms. The number of ether oxygens (including phenoxy) is 1. The molecular weight excluding hydrogens is 273 g/mol. The smallest absolute Gasteiger partial charge is 0.251 e. The number of carbonyl (C=O) groups is 1. The van der Waals surface area contributed by atoms with E-state index < -0.39 is 5.82 Å². The molecule has 0 unspecified atom stereocenters. The summed E-state index contributed by atoms with van der Waals surface area (Å²) in [6, 6.07) is 10.1. The van der Waals surface area contributed by atoms with E-state index in [0.29, 0.717) is 11.3 Å². The van der Waals surface area contributed by atoms with Gasteiger partial charge in [-0.3, -0.25) is 4.79 Å². The van der Waals surface area contributed by atoms with Gasteiger partial charge in [-0.15, -0.1) is 0 Å². The molecule has 5 nitrogen and oxygen atoms in total. The number of rotatable bonds is 3. The molecule has 3 N–H and O–H groups in total. The van der Waals surface area contributed by atoms with Crippen molar-refractivity contribution in [1.82, 2.24) is 5.32 Å². The number of nitrogens with two attached hydrogens (primary N) is 1. The lowest BCUT2D eigenvalue weighted by Gasteiger charge is -2.10. The van der Waals surface area contributed by atoms with Crippen molar-refractivity contribution < 1.29 is 13.9 Å². The van der Waals surface area contributed by atoms with Crippen LogP contribution in [0.2, 0.25) is 0 Å². The molecule has 1 amide bonds. The number of nitrogens with one attached hydrogen (secondary N) is 1. The Labute approximate surface area is 120 Å². The second-order valence-corrected chi connectivity index (χ2v) is 4.19. The van der Waals surface area contributed by atoms with E-state index in [1.54, 1.807) is 12.1 Å². The van der Waals surface area contributed by atoms with Crippen molar-refractivity contribution in [3.63, 3.8) is 0 Å². The van der Waals surface area contributed by atoms with Gasteiger partial charge in [0.2, 0.25) is 0 Å². The molecule has 106 valence electrons. The van der Waals surface area contributed by atoms with Gasteiger partial charge in [0.25, 0.3) is 5.91 Å². The molecule has 0 aliphatic heterocycles. The van der Waals surface area contributed by atoms with Crippen molar-refractivity contribution in [2.75, 3.05) is 12.8 Å². The SMILES string of the molecule is CNC(=O)c1ccc(Oc2ccc(C#N)c(F)c2)c(N)c1. The van der Waals surface area contributed by atoms with Crippen molar-refractivity contribution in [2.45, 2.75) is 0 Å². The van der Waals surface area contributed by atoms with E-state index in [2.05, 4.69) is 5.32 Å². The summed E-state index contributed by atoms with van der Waals surface area (Å²) < 4.78 is 18.9. The summed E-state index contributed by atoms with van der Waals surface area (Å²) in [7, 11) is 1.52. The molecule has 0 saturated carbocycles. The lowest BCUT2D eigenvalue weighted by Crippen LogP contribution is -2.17. The highest BCUT2D eigenvalue weighted by molar-refractivity contribution is 5.95. The maximum absolute atomic E-state index is 13.5. The number of benzene rings is 2. The van der Waals surface area contributed by atoms with Crippen LogP contribution in [0.25, 0.3) is 0 Å². The van der Waals surface area contributed by atoms with E-state index in [1.165, 1.54) is 31.3 Å². The van der Waals surface area contributed by atoms with Gasteiger partial charge in [0, 0.05) is 18.7 Å². The number of nitrogens with zero attached hydrogens (tertiary/aromatic N) is 1. The standard InChI is InChI=1S/C15H12FN3O2/c1-19-15(20)9-3-5-14(13(18)6-9)21-11-4-2-10(8-17)12(16)7-11/h2-7H,18H2,1H3,(H,19,20). The molecular formula is C15H12FN3O2. The van der Waals surface area contributed by atoms with Gasteiger partial charge < -0.3 is 15.8 Å². The molecule has 0 radical (unpaired) electrons. The topological polar surface area (TPSA) is 88.1 Å². The van der Waals surface area contributed by atoms with Crippen LogP contribution in [0, 0.1) is 17.1 Å². The zero-order chi connectivity index (χ0) is 15.4. The average Bonchev–Trinajstić information content (AvgIpc) is 2.48. The van der Waals surface area contributed by atoms with Crippen LogP contribution in [0.3, 0.4) is 0 Å². The third-order valence-corrected chi connectivity index (χ3v) is 2.79. The minimum atomic E-state index is -0.671. The highest BCUT2D eigenvalue weighted by Crippen LogP contribution is 2.29. The molecule has 0 atom stereocenters. The second kappa shape index (κ2) is 5.92. The Morgan fingerprint density at radius 3 is 2.67 bits per heavy atom. The van der Waals surface area contributed by atoms with Gasteiger partial charge in [-0.05, 0) is 30.3 Å². The molecule has 0 heterocycles. The van der Waals surface area contributed by atoms with E-state index in [0.717, 1.165) is 6.07 Å². The molecule has 0 aliphatic rings. The Morgan fingerprint density at radius 2 is 2.10 bits per heavy atom. The minimum absolute atomic E-state index is 0.0645. The first kappa shape index (κ1) is 14.3. The fraction of sp³-hybridized carbons (Fsp3) is 0.0667. The Hall–Kier alpha value is -3.07. The zero-order valence-corrected chi connectivity index (χ0v) is 11.2. The Morgan fingerprint density at radius 1 is 1.33 bits per heavy atom. The molecule has 21 heavy (non-hydrogen) atoms. The second-order valence-electron chi connectivity index (χ2n) is 4.19. The normalized spacial score (nSPS) is 9.76. The van der Waals surface area contributed by atoms with Crippen LogP contribution in [0.1, 0.15) is 15.9 Å². The zero-order valence-electron chi connectivity index (χ0n) is 11.2. The van der Waals surface area contributed by atoms with Crippen molar-refractivity contribution in [1.29, 1.82) is 5.26 Å². The predicted molar refractivity (Wildman–Crippen MR) is 75.4 cm³/mol. The Kier molecular flexibility index (Phi) is 4.05. The molecule has 0 spiro atoms. The number of carbonyl (C=O) groups excluding carboxylic acids is 1. The molecule has 0 bridgehead atoms. The van der Waals surface area contributed by atoms with Gasteiger partial charge in [0.05, 0.1) is 11.3 Å². The van der Waals surface area contributed by atoms with Gasteiger partial charge >= 0.3 is 0 Å². The van der Waals surface area contributed by atoms with Crippen LogP contribution >= 0.6 is 0 Å². The van der Waals surface area contributed by atoms with Gasteiger partial charge in [0.15, 0.2) is 0 Å². The number of hydrogen-bond donors (Lipinski definition) is 2. The number of halogens is 1. The van der Waals surface area contributed by atoms with E-state index in [-0.39, 0.29) is 22.9 Å². The van der Waals surface area contributed by atoms with Crippen LogP contribution in [0.4, 0.5) is 10.1 Å². The maximum Gasteiger partial charge on any atom is 0.251 e. The number of nitriles is 1. The summed E-state index contributed by atoms with van der Waals surface area (Å²) in [5.74, 6) is -0.425. The maximum atomic E-state index is 13.5. The molecule has 0 saturated heterocycles. The highest BCUT2D eigenvalue weighted by atomic mass is 19.1. The predicted octanol–water partition coefficient (Wildman–Crippen LogP) is 2.43. The largest absolute Gasteiger partial charge is 0.455 e. The Bertz CT molecular complexity index is 738. The first-order chi connectivity index (χ1) is 10.0. The fourth-order valence-electron chi connectivity index (χ4n) is 1.70. The number of hydrogen-bond acceptors (Lipinski definition) is 4. The van der Waals surface area contributed by atoms with Crippen LogP contribution in [-0.4, -0.2) is 13.0 Å². The summed E-state index contributed by atoms with van der Waals surface area (Å²) in [5, 5.41) is 11.1. The van der Waals surface area contributed by atoms with E-state index >= 15 is 0 Å². The molecule has 0 fully saturated rings. The average molecular weight is 285 g/mol.